The van der Waals surface area contributed by atoms with Gasteiger partial charge in [-0.05, 0) is 37.0 Å². The molecule has 3 unspecified atom stereocenters. The van der Waals surface area contributed by atoms with E-state index in [9.17, 15) is 4.39 Å². The van der Waals surface area contributed by atoms with Crippen molar-refractivity contribution in [2.75, 3.05) is 26.4 Å². The molecule has 1 aromatic rings. The molecule has 0 radical (unpaired) electrons. The van der Waals surface area contributed by atoms with Crippen LogP contribution in [0, 0.1) is 5.92 Å². The van der Waals surface area contributed by atoms with Crippen LogP contribution in [-0.2, 0) is 4.74 Å². The molecule has 0 aliphatic heterocycles. The summed E-state index contributed by atoms with van der Waals surface area (Å²) in [4.78, 5) is 0. The molecule has 6 heteroatoms. The second-order valence-corrected chi connectivity index (χ2v) is 6.74. The van der Waals surface area contributed by atoms with Crippen molar-refractivity contribution in [3.63, 3.8) is 0 Å². The summed E-state index contributed by atoms with van der Waals surface area (Å²) >= 11 is 0. The summed E-state index contributed by atoms with van der Waals surface area (Å²) in [5.74, 6) is 0.215. The highest BCUT2D eigenvalue weighted by atomic mass is 31.0. The number of alkyl halides is 1. The molecule has 0 saturated heterocycles. The number of hydrogen-bond donors (Lipinski definition) is 2. The Kier molecular flexibility index (Phi) is 15.1. The minimum absolute atomic E-state index is 0.0462. The zero-order valence-corrected chi connectivity index (χ0v) is 17.5. The SMILES string of the molecule is CC.CC(C)COCCCNNC(C)c1cccc(OCC(F)P)c1. The summed E-state index contributed by atoms with van der Waals surface area (Å²) in [5.41, 5.74) is 7.55. The first kappa shape index (κ1) is 24.3. The predicted octanol–water partition coefficient (Wildman–Crippen LogP) is 4.48. The van der Waals surface area contributed by atoms with Gasteiger partial charge in [-0.3, -0.25) is 10.9 Å². The molecule has 0 aliphatic carbocycles. The summed E-state index contributed by atoms with van der Waals surface area (Å²) in [6, 6.07) is 7.83. The van der Waals surface area contributed by atoms with Gasteiger partial charge in [0.15, 0.2) is 0 Å². The van der Waals surface area contributed by atoms with E-state index in [-0.39, 0.29) is 12.6 Å². The van der Waals surface area contributed by atoms with Crippen LogP contribution in [0.3, 0.4) is 0 Å². The van der Waals surface area contributed by atoms with Crippen molar-refractivity contribution in [2.24, 2.45) is 5.92 Å². The Morgan fingerprint density at radius 3 is 2.52 bits per heavy atom. The Labute approximate surface area is 155 Å². The van der Waals surface area contributed by atoms with Gasteiger partial charge in [-0.15, -0.1) is 0 Å². The fraction of sp³-hybridized carbons (Fsp3) is 0.684. The monoisotopic (exact) mass is 374 g/mol. The van der Waals surface area contributed by atoms with Gasteiger partial charge in [0.05, 0.1) is 0 Å². The smallest absolute Gasteiger partial charge is 0.147 e. The number of benzene rings is 1. The minimum atomic E-state index is -1.05. The van der Waals surface area contributed by atoms with Gasteiger partial charge in [0.25, 0.3) is 0 Å². The number of hydrogen-bond acceptors (Lipinski definition) is 4. The topological polar surface area (TPSA) is 42.5 Å². The first-order valence-corrected chi connectivity index (χ1v) is 9.84. The van der Waals surface area contributed by atoms with Gasteiger partial charge in [0.1, 0.15) is 18.3 Å². The minimum Gasteiger partial charge on any atom is -0.490 e. The average molecular weight is 374 g/mol. The molecule has 146 valence electrons. The number of rotatable bonds is 12. The Balaban J connectivity index is 0.00000277. The molecule has 0 heterocycles. The number of nitrogens with one attached hydrogen (secondary N) is 2. The summed E-state index contributed by atoms with van der Waals surface area (Å²) in [6.45, 7) is 12.8. The van der Waals surface area contributed by atoms with E-state index in [1.807, 2.05) is 38.1 Å². The van der Waals surface area contributed by atoms with E-state index in [2.05, 4.69) is 40.9 Å². The maximum absolute atomic E-state index is 12.8. The van der Waals surface area contributed by atoms with E-state index in [1.165, 1.54) is 0 Å². The lowest BCUT2D eigenvalue weighted by atomic mass is 10.1. The first-order chi connectivity index (χ1) is 12.0. The van der Waals surface area contributed by atoms with E-state index in [4.69, 9.17) is 9.47 Å². The summed E-state index contributed by atoms with van der Waals surface area (Å²) < 4.78 is 23.7. The van der Waals surface area contributed by atoms with Gasteiger partial charge in [-0.25, -0.2) is 4.39 Å². The summed E-state index contributed by atoms with van der Waals surface area (Å²) in [7, 11) is 2.08. The largest absolute Gasteiger partial charge is 0.490 e. The molecule has 0 spiro atoms. The van der Waals surface area contributed by atoms with Gasteiger partial charge in [0.2, 0.25) is 0 Å². The quantitative estimate of drug-likeness (QED) is 0.322. The highest BCUT2D eigenvalue weighted by Crippen LogP contribution is 2.19. The van der Waals surface area contributed by atoms with Gasteiger partial charge < -0.3 is 9.47 Å². The fourth-order valence-electron chi connectivity index (χ4n) is 1.94. The third-order valence-corrected chi connectivity index (χ3v) is 3.32. The van der Waals surface area contributed by atoms with Crippen molar-refractivity contribution in [1.82, 2.24) is 10.9 Å². The average Bonchev–Trinajstić information content (AvgIpc) is 2.60. The molecule has 0 saturated carbocycles. The highest BCUT2D eigenvalue weighted by molar-refractivity contribution is 7.17. The van der Waals surface area contributed by atoms with Crippen molar-refractivity contribution in [3.05, 3.63) is 29.8 Å². The number of ether oxygens (including phenoxy) is 2. The zero-order chi connectivity index (χ0) is 19.1. The maximum atomic E-state index is 12.8. The Morgan fingerprint density at radius 2 is 1.88 bits per heavy atom. The maximum Gasteiger partial charge on any atom is 0.147 e. The van der Waals surface area contributed by atoms with Gasteiger partial charge in [-0.1, -0.05) is 49.1 Å². The van der Waals surface area contributed by atoms with Gasteiger partial charge in [-0.2, -0.15) is 0 Å². The van der Waals surface area contributed by atoms with E-state index in [1.54, 1.807) is 0 Å². The van der Waals surface area contributed by atoms with Crippen molar-refractivity contribution in [1.29, 1.82) is 0 Å². The molecule has 0 fully saturated rings. The fourth-order valence-corrected chi connectivity index (χ4v) is 2.04. The number of halogens is 1. The number of hydrazine groups is 1. The summed E-state index contributed by atoms with van der Waals surface area (Å²) in [6.07, 6.45) is 0.960. The third-order valence-electron chi connectivity index (χ3n) is 3.13. The van der Waals surface area contributed by atoms with Crippen molar-refractivity contribution >= 4 is 9.24 Å². The zero-order valence-electron chi connectivity index (χ0n) is 16.3. The second kappa shape index (κ2) is 15.5. The van der Waals surface area contributed by atoms with Crippen LogP contribution in [0.2, 0.25) is 0 Å². The Bertz CT molecular complexity index is 434. The Hall–Kier alpha value is -0.740. The van der Waals surface area contributed by atoms with Crippen molar-refractivity contribution in [3.8, 4) is 5.75 Å². The first-order valence-electron chi connectivity index (χ1n) is 9.17. The molecule has 4 nitrogen and oxygen atoms in total. The normalized spacial score (nSPS) is 13.1. The van der Waals surface area contributed by atoms with Crippen LogP contribution < -0.4 is 15.6 Å². The molecule has 1 aromatic carbocycles. The van der Waals surface area contributed by atoms with Crippen LogP contribution in [0.15, 0.2) is 24.3 Å². The lowest BCUT2D eigenvalue weighted by molar-refractivity contribution is 0.107. The van der Waals surface area contributed by atoms with Gasteiger partial charge in [0, 0.05) is 25.8 Å². The van der Waals surface area contributed by atoms with E-state index < -0.39 is 5.91 Å². The molecule has 0 aliphatic rings. The van der Waals surface area contributed by atoms with E-state index in [0.717, 1.165) is 31.7 Å². The molecule has 0 bridgehead atoms. The highest BCUT2D eigenvalue weighted by Gasteiger charge is 2.06. The molecule has 25 heavy (non-hydrogen) atoms. The van der Waals surface area contributed by atoms with Gasteiger partial charge >= 0.3 is 0 Å². The lowest BCUT2D eigenvalue weighted by Crippen LogP contribution is -2.35. The van der Waals surface area contributed by atoms with Crippen LogP contribution in [0.1, 0.15) is 52.6 Å². The van der Waals surface area contributed by atoms with E-state index >= 15 is 0 Å². The van der Waals surface area contributed by atoms with Crippen molar-refractivity contribution < 1.29 is 13.9 Å². The standard InChI is InChI=1S/C17H30FN2O2P.C2H6/c1-13(2)11-21-9-5-8-19-20-14(3)15-6-4-7-16(10-15)22-12-17(18)23;1-2/h4,6-7,10,13-14,17,19-20H,5,8-9,11-12,23H2,1-3H3;1-2H3. The molecular formula is C19H36FN2O2P. The van der Waals surface area contributed by atoms with E-state index in [0.29, 0.717) is 11.7 Å². The lowest BCUT2D eigenvalue weighted by Gasteiger charge is -2.16. The van der Waals surface area contributed by atoms with Crippen LogP contribution >= 0.6 is 9.24 Å². The molecule has 1 rings (SSSR count). The molecular weight excluding hydrogens is 338 g/mol. The van der Waals surface area contributed by atoms with Crippen LogP contribution in [0.25, 0.3) is 0 Å². The van der Waals surface area contributed by atoms with Crippen molar-refractivity contribution in [2.45, 2.75) is 53.0 Å². The van der Waals surface area contributed by atoms with Crippen LogP contribution in [-0.4, -0.2) is 32.3 Å². The Morgan fingerprint density at radius 1 is 1.16 bits per heavy atom. The predicted molar refractivity (Wildman–Crippen MR) is 108 cm³/mol. The molecule has 2 N–H and O–H groups in total. The molecule has 0 amide bonds. The van der Waals surface area contributed by atoms with Crippen LogP contribution in [0.5, 0.6) is 5.75 Å². The second-order valence-electron chi connectivity index (χ2n) is 6.01. The van der Waals surface area contributed by atoms with Crippen LogP contribution in [0.4, 0.5) is 4.39 Å². The third kappa shape index (κ3) is 13.2. The molecule has 0 aromatic heterocycles. The molecule has 3 atom stereocenters. The summed E-state index contributed by atoms with van der Waals surface area (Å²) in [5, 5.41) is 0.